The van der Waals surface area contributed by atoms with Gasteiger partial charge in [-0.3, -0.25) is 9.52 Å². The van der Waals surface area contributed by atoms with Crippen molar-refractivity contribution in [2.24, 2.45) is 0 Å². The number of nitrogens with one attached hydrogen (secondary N) is 2. The van der Waals surface area contributed by atoms with Crippen molar-refractivity contribution in [2.75, 3.05) is 28.0 Å². The lowest BCUT2D eigenvalue weighted by Gasteiger charge is -2.22. The molecule has 3 aromatic rings. The maximum absolute atomic E-state index is 14.4. The monoisotopic (exact) mass is 445 g/mol. The Morgan fingerprint density at radius 2 is 1.73 bits per heavy atom. The summed E-state index contributed by atoms with van der Waals surface area (Å²) >= 11 is 1.12. The highest BCUT2D eigenvalue weighted by Crippen LogP contribution is 2.31. The van der Waals surface area contributed by atoms with E-state index < -0.39 is 21.7 Å². The van der Waals surface area contributed by atoms with Crippen molar-refractivity contribution in [1.82, 2.24) is 0 Å². The van der Waals surface area contributed by atoms with Gasteiger partial charge in [0.25, 0.3) is 15.9 Å². The van der Waals surface area contributed by atoms with Gasteiger partial charge < -0.3 is 10.2 Å². The summed E-state index contributed by atoms with van der Waals surface area (Å²) in [4.78, 5) is 14.7. The van der Waals surface area contributed by atoms with E-state index in [2.05, 4.69) is 14.9 Å². The zero-order valence-electron chi connectivity index (χ0n) is 16.0. The third-order valence-electron chi connectivity index (χ3n) is 4.84. The molecule has 0 saturated carbocycles. The minimum Gasteiger partial charge on any atom is -0.370 e. The van der Waals surface area contributed by atoms with Crippen LogP contribution < -0.4 is 14.9 Å². The molecule has 1 saturated heterocycles. The highest BCUT2D eigenvalue weighted by atomic mass is 32.2. The normalized spacial score (nSPS) is 14.0. The molecule has 0 atom stereocenters. The second-order valence-electron chi connectivity index (χ2n) is 6.90. The minimum atomic E-state index is -3.66. The molecule has 1 fully saturated rings. The quantitative estimate of drug-likeness (QED) is 0.584. The van der Waals surface area contributed by atoms with Crippen molar-refractivity contribution in [3.05, 3.63) is 71.4 Å². The number of carbonyl (C=O) groups is 1. The smallest absolute Gasteiger partial charge is 0.271 e. The van der Waals surface area contributed by atoms with E-state index >= 15 is 0 Å². The Hall–Kier alpha value is -2.91. The molecule has 2 N–H and O–H groups in total. The summed E-state index contributed by atoms with van der Waals surface area (Å²) in [5, 5.41) is 4.35. The zero-order valence-corrected chi connectivity index (χ0v) is 17.6. The SMILES string of the molecule is O=C(Nc1c(F)cccc1N1CCCC1)c1ccc(NS(=O)(=O)c2cccs2)cc1. The Labute approximate surface area is 178 Å². The highest BCUT2D eigenvalue weighted by Gasteiger charge is 2.20. The van der Waals surface area contributed by atoms with Gasteiger partial charge in [0.15, 0.2) is 0 Å². The molecular weight excluding hydrogens is 425 g/mol. The Kier molecular flexibility index (Phi) is 5.74. The van der Waals surface area contributed by atoms with Gasteiger partial charge in [-0.15, -0.1) is 11.3 Å². The third-order valence-corrected chi connectivity index (χ3v) is 7.61. The number of hydrogen-bond acceptors (Lipinski definition) is 5. The molecule has 2 heterocycles. The molecule has 30 heavy (non-hydrogen) atoms. The van der Waals surface area contributed by atoms with Crippen LogP contribution in [-0.4, -0.2) is 27.4 Å². The van der Waals surface area contributed by atoms with E-state index in [1.54, 1.807) is 23.6 Å². The lowest BCUT2D eigenvalue weighted by Crippen LogP contribution is -2.22. The van der Waals surface area contributed by atoms with Crippen LogP contribution in [0, 0.1) is 5.82 Å². The molecule has 6 nitrogen and oxygen atoms in total. The number of para-hydroxylation sites is 1. The van der Waals surface area contributed by atoms with E-state index in [0.29, 0.717) is 16.9 Å². The maximum atomic E-state index is 14.4. The summed E-state index contributed by atoms with van der Waals surface area (Å²) in [5.74, 6) is -0.957. The van der Waals surface area contributed by atoms with Gasteiger partial charge in [-0.1, -0.05) is 12.1 Å². The maximum Gasteiger partial charge on any atom is 0.271 e. The fraction of sp³-hybridized carbons (Fsp3) is 0.190. The average Bonchev–Trinajstić information content (AvgIpc) is 3.44. The number of amides is 1. The molecular formula is C21H20FN3O3S2. The number of carbonyl (C=O) groups excluding carboxylic acids is 1. The first-order chi connectivity index (χ1) is 14.4. The van der Waals surface area contributed by atoms with Gasteiger partial charge in [0.05, 0.1) is 5.69 Å². The minimum absolute atomic E-state index is 0.159. The number of thiophene rings is 1. The van der Waals surface area contributed by atoms with E-state index in [1.807, 2.05) is 0 Å². The van der Waals surface area contributed by atoms with Crippen molar-refractivity contribution in [3.8, 4) is 0 Å². The van der Waals surface area contributed by atoms with Crippen molar-refractivity contribution >= 4 is 44.3 Å². The van der Waals surface area contributed by atoms with E-state index in [0.717, 1.165) is 37.3 Å². The fourth-order valence-electron chi connectivity index (χ4n) is 3.36. The second kappa shape index (κ2) is 8.45. The number of halogens is 1. The van der Waals surface area contributed by atoms with Crippen LogP contribution in [-0.2, 0) is 10.0 Å². The van der Waals surface area contributed by atoms with Crippen molar-refractivity contribution in [3.63, 3.8) is 0 Å². The molecule has 0 bridgehead atoms. The number of anilines is 3. The summed E-state index contributed by atoms with van der Waals surface area (Å²) in [6, 6.07) is 13.9. The fourth-order valence-corrected chi connectivity index (χ4v) is 5.41. The van der Waals surface area contributed by atoms with Gasteiger partial charge in [0.1, 0.15) is 15.7 Å². The number of hydrogen-bond donors (Lipinski definition) is 2. The predicted molar refractivity (Wildman–Crippen MR) is 117 cm³/mol. The lowest BCUT2D eigenvalue weighted by molar-refractivity contribution is 0.102. The van der Waals surface area contributed by atoms with Gasteiger partial charge >= 0.3 is 0 Å². The number of benzene rings is 2. The molecule has 0 aliphatic carbocycles. The molecule has 9 heteroatoms. The third kappa shape index (κ3) is 4.31. The van der Waals surface area contributed by atoms with Crippen LogP contribution >= 0.6 is 11.3 Å². The van der Waals surface area contributed by atoms with Crippen LogP contribution in [0.5, 0.6) is 0 Å². The van der Waals surface area contributed by atoms with E-state index in [1.165, 1.54) is 36.4 Å². The molecule has 0 spiro atoms. The van der Waals surface area contributed by atoms with Crippen LogP contribution in [0.3, 0.4) is 0 Å². The van der Waals surface area contributed by atoms with Crippen LogP contribution in [0.15, 0.2) is 64.2 Å². The lowest BCUT2D eigenvalue weighted by atomic mass is 10.1. The van der Waals surface area contributed by atoms with Gasteiger partial charge in [0, 0.05) is 24.3 Å². The molecule has 0 unspecified atom stereocenters. The first-order valence-corrected chi connectivity index (χ1v) is 11.8. The predicted octanol–water partition coefficient (Wildman–Crippen LogP) is 4.54. The van der Waals surface area contributed by atoms with Gasteiger partial charge in [0.2, 0.25) is 0 Å². The molecule has 4 rings (SSSR count). The highest BCUT2D eigenvalue weighted by molar-refractivity contribution is 7.94. The van der Waals surface area contributed by atoms with Gasteiger partial charge in [-0.2, -0.15) is 0 Å². The van der Waals surface area contributed by atoms with Crippen molar-refractivity contribution in [2.45, 2.75) is 17.1 Å². The summed E-state index contributed by atoms with van der Waals surface area (Å²) in [7, 11) is -3.66. The second-order valence-corrected chi connectivity index (χ2v) is 9.75. The van der Waals surface area contributed by atoms with Gasteiger partial charge in [-0.05, 0) is 60.7 Å². The molecule has 0 radical (unpaired) electrons. The van der Waals surface area contributed by atoms with Crippen LogP contribution in [0.25, 0.3) is 0 Å². The van der Waals surface area contributed by atoms with E-state index in [9.17, 15) is 17.6 Å². The van der Waals surface area contributed by atoms with Crippen LogP contribution in [0.2, 0.25) is 0 Å². The first kappa shape index (κ1) is 20.4. The largest absolute Gasteiger partial charge is 0.370 e. The molecule has 1 amide bonds. The number of nitrogens with zero attached hydrogens (tertiary/aromatic N) is 1. The Balaban J connectivity index is 1.50. The number of rotatable bonds is 6. The van der Waals surface area contributed by atoms with Crippen LogP contribution in [0.4, 0.5) is 21.5 Å². The molecule has 1 aliphatic rings. The topological polar surface area (TPSA) is 78.5 Å². The Bertz CT molecular complexity index is 1140. The van der Waals surface area contributed by atoms with Crippen molar-refractivity contribution < 1.29 is 17.6 Å². The first-order valence-electron chi connectivity index (χ1n) is 9.45. The number of sulfonamides is 1. The van der Waals surface area contributed by atoms with Crippen LogP contribution in [0.1, 0.15) is 23.2 Å². The standard InChI is InChI=1S/C21H20FN3O3S2/c22-17-5-3-6-18(25-12-1-2-13-25)20(17)23-21(26)15-8-10-16(11-9-15)24-30(27,28)19-7-4-14-29-19/h3-11,14,24H,1-2,12-13H2,(H,23,26). The van der Waals surface area contributed by atoms with Crippen molar-refractivity contribution in [1.29, 1.82) is 0 Å². The van der Waals surface area contributed by atoms with Gasteiger partial charge in [-0.25, -0.2) is 12.8 Å². The molecule has 1 aliphatic heterocycles. The zero-order chi connectivity index (χ0) is 21.1. The Morgan fingerprint density at radius 1 is 1.00 bits per heavy atom. The molecule has 2 aromatic carbocycles. The molecule has 156 valence electrons. The summed E-state index contributed by atoms with van der Waals surface area (Å²) < 4.78 is 41.7. The van der Waals surface area contributed by atoms with E-state index in [-0.39, 0.29) is 9.90 Å². The summed E-state index contributed by atoms with van der Waals surface area (Å²) in [5.41, 5.74) is 1.46. The average molecular weight is 446 g/mol. The summed E-state index contributed by atoms with van der Waals surface area (Å²) in [6.45, 7) is 1.65. The summed E-state index contributed by atoms with van der Waals surface area (Å²) in [6.07, 6.45) is 2.07. The molecule has 1 aromatic heterocycles. The van der Waals surface area contributed by atoms with E-state index in [4.69, 9.17) is 0 Å². The Morgan fingerprint density at radius 3 is 2.40 bits per heavy atom.